The number of sulfonamides is 1. The normalized spacial score (nSPS) is 22.0. The molecule has 0 N–H and O–H groups in total. The molecule has 1 saturated heterocycles. The van der Waals surface area contributed by atoms with Crippen LogP contribution in [0, 0.1) is 5.41 Å². The fraction of sp³-hybridized carbons (Fsp3) is 0.476. The molecular weight excluding hydrogens is 386 g/mol. The van der Waals surface area contributed by atoms with E-state index in [1.54, 1.807) is 29.0 Å². The molecule has 1 unspecified atom stereocenters. The summed E-state index contributed by atoms with van der Waals surface area (Å²) in [7, 11) is -3.66. The summed E-state index contributed by atoms with van der Waals surface area (Å²) in [5, 5.41) is 9.36. The average Bonchev–Trinajstić information content (AvgIpc) is 3.48. The van der Waals surface area contributed by atoms with Crippen LogP contribution in [0.4, 0.5) is 0 Å². The van der Waals surface area contributed by atoms with Gasteiger partial charge in [0.25, 0.3) is 0 Å². The molecule has 7 nitrogen and oxygen atoms in total. The first-order chi connectivity index (χ1) is 14.0. The minimum Gasteiger partial charge on any atom is -0.318 e. The first-order valence-electron chi connectivity index (χ1n) is 10.3. The highest BCUT2D eigenvalue weighted by atomic mass is 32.2. The molecule has 8 heteroatoms. The highest BCUT2D eigenvalue weighted by Crippen LogP contribution is 2.54. The van der Waals surface area contributed by atoms with E-state index in [0.717, 1.165) is 43.4 Å². The average molecular weight is 412 g/mol. The molecule has 1 aliphatic carbocycles. The number of hydrogen-bond donors (Lipinski definition) is 0. The Kier molecular flexibility index (Phi) is 4.43. The first-order valence-corrected chi connectivity index (χ1v) is 11.7. The van der Waals surface area contributed by atoms with Crippen LogP contribution in [0.1, 0.15) is 44.3 Å². The Morgan fingerprint density at radius 3 is 2.76 bits per heavy atom. The maximum Gasteiger partial charge on any atom is 0.245 e. The summed E-state index contributed by atoms with van der Waals surface area (Å²) in [5.41, 5.74) is 0.487. The molecule has 0 radical (unpaired) electrons. The van der Waals surface area contributed by atoms with Gasteiger partial charge in [0.05, 0.1) is 5.52 Å². The molecule has 3 heterocycles. The van der Waals surface area contributed by atoms with Gasteiger partial charge in [0.1, 0.15) is 17.0 Å². The molecule has 1 aromatic carbocycles. The van der Waals surface area contributed by atoms with Crippen LogP contribution >= 0.6 is 0 Å². The molecule has 2 fully saturated rings. The lowest BCUT2D eigenvalue weighted by Gasteiger charge is -2.29. The van der Waals surface area contributed by atoms with Gasteiger partial charge in [0.2, 0.25) is 10.0 Å². The second-order valence-electron chi connectivity index (χ2n) is 8.23. The number of hydrogen-bond acceptors (Lipinski definition) is 5. The number of aromatic nitrogens is 4. The molecule has 29 heavy (non-hydrogen) atoms. The molecule has 1 atom stereocenters. The summed E-state index contributed by atoms with van der Waals surface area (Å²) in [6.07, 6.45) is 7.75. The van der Waals surface area contributed by atoms with E-state index in [-0.39, 0.29) is 11.3 Å². The summed E-state index contributed by atoms with van der Waals surface area (Å²) < 4.78 is 31.1. The van der Waals surface area contributed by atoms with Gasteiger partial charge in [-0.3, -0.25) is 4.98 Å². The van der Waals surface area contributed by atoms with Gasteiger partial charge in [0.15, 0.2) is 0 Å². The van der Waals surface area contributed by atoms with Gasteiger partial charge in [-0.15, -0.1) is 10.2 Å². The topological polar surface area (TPSA) is 81.0 Å². The van der Waals surface area contributed by atoms with E-state index in [2.05, 4.69) is 26.7 Å². The molecule has 0 amide bonds. The number of aryl methyl sites for hydroxylation is 1. The fourth-order valence-corrected chi connectivity index (χ4v) is 6.96. The molecular formula is C21H25N5O2S. The Morgan fingerprint density at radius 1 is 1.17 bits per heavy atom. The van der Waals surface area contributed by atoms with Crippen molar-refractivity contribution in [2.24, 2.45) is 5.41 Å². The molecule has 3 aromatic rings. The van der Waals surface area contributed by atoms with Gasteiger partial charge in [-0.05, 0) is 37.3 Å². The van der Waals surface area contributed by atoms with Crippen molar-refractivity contribution < 1.29 is 8.42 Å². The summed E-state index contributed by atoms with van der Waals surface area (Å²) in [6, 6.07) is 9.10. The monoisotopic (exact) mass is 411 g/mol. The van der Waals surface area contributed by atoms with Crippen molar-refractivity contribution in [3.8, 4) is 0 Å². The van der Waals surface area contributed by atoms with Crippen LogP contribution in [-0.2, 0) is 16.6 Å². The van der Waals surface area contributed by atoms with Crippen LogP contribution in [0.5, 0.6) is 0 Å². The number of nitrogens with zero attached hydrogens (tertiary/aromatic N) is 5. The maximum atomic E-state index is 13.7. The van der Waals surface area contributed by atoms with Crippen molar-refractivity contribution in [1.82, 2.24) is 24.1 Å². The molecule has 2 aliphatic rings. The zero-order chi connectivity index (χ0) is 20.1. The molecule has 2 aromatic heterocycles. The second-order valence-corrected chi connectivity index (χ2v) is 10.1. The number of pyridine rings is 1. The summed E-state index contributed by atoms with van der Waals surface area (Å²) in [6.45, 7) is 3.85. The number of fused-ring (bicyclic) bond motifs is 1. The van der Waals surface area contributed by atoms with Crippen LogP contribution in [0.25, 0.3) is 10.9 Å². The van der Waals surface area contributed by atoms with E-state index in [9.17, 15) is 8.42 Å². The van der Waals surface area contributed by atoms with E-state index >= 15 is 0 Å². The minimum atomic E-state index is -3.66. The summed E-state index contributed by atoms with van der Waals surface area (Å²) in [4.78, 5) is 4.66. The number of rotatable bonds is 4. The van der Waals surface area contributed by atoms with E-state index in [4.69, 9.17) is 0 Å². The zero-order valence-electron chi connectivity index (χ0n) is 16.5. The number of benzene rings is 1. The van der Waals surface area contributed by atoms with E-state index in [1.165, 1.54) is 0 Å². The van der Waals surface area contributed by atoms with Crippen LogP contribution in [0.2, 0.25) is 0 Å². The van der Waals surface area contributed by atoms with Gasteiger partial charge in [0, 0.05) is 37.1 Å². The van der Waals surface area contributed by atoms with E-state index in [1.807, 2.05) is 18.2 Å². The Labute approximate surface area is 170 Å². The predicted molar refractivity (Wildman–Crippen MR) is 110 cm³/mol. The number of para-hydroxylation sites is 1. The van der Waals surface area contributed by atoms with Crippen LogP contribution in [0.3, 0.4) is 0 Å². The third kappa shape index (κ3) is 2.88. The van der Waals surface area contributed by atoms with Crippen LogP contribution in [-0.4, -0.2) is 45.6 Å². The lowest BCUT2D eigenvalue weighted by Crippen LogP contribution is -2.31. The predicted octanol–water partition coefficient (Wildman–Crippen LogP) is 3.19. The van der Waals surface area contributed by atoms with Crippen molar-refractivity contribution in [2.45, 2.75) is 50.0 Å². The van der Waals surface area contributed by atoms with Crippen molar-refractivity contribution in [3.63, 3.8) is 0 Å². The van der Waals surface area contributed by atoms with E-state index in [0.29, 0.717) is 23.5 Å². The Bertz CT molecular complexity index is 1150. The molecule has 152 valence electrons. The zero-order valence-corrected chi connectivity index (χ0v) is 17.3. The molecule has 5 rings (SSSR count). The summed E-state index contributed by atoms with van der Waals surface area (Å²) in [5.74, 6) is 0.994. The first kappa shape index (κ1) is 18.7. The smallest absolute Gasteiger partial charge is 0.245 e. The van der Waals surface area contributed by atoms with Gasteiger partial charge in [-0.2, -0.15) is 4.31 Å². The summed E-state index contributed by atoms with van der Waals surface area (Å²) >= 11 is 0. The third-order valence-electron chi connectivity index (χ3n) is 6.73. The Hall–Kier alpha value is -2.32. The standard InChI is InChI=1S/C21H25N5O2S/c1-2-25-15-23-24-20(25)17-13-26(14-21(17)10-3-4-11-21)29(27,28)18-9-5-7-16-8-6-12-22-19(16)18/h5-9,12,15,17H,2-4,10-11,13-14H2,1H3. The van der Waals surface area contributed by atoms with Gasteiger partial charge >= 0.3 is 0 Å². The van der Waals surface area contributed by atoms with Crippen molar-refractivity contribution in [2.75, 3.05) is 13.1 Å². The highest BCUT2D eigenvalue weighted by Gasteiger charge is 2.53. The second kappa shape index (κ2) is 6.88. The van der Waals surface area contributed by atoms with E-state index < -0.39 is 10.0 Å². The van der Waals surface area contributed by atoms with Gasteiger partial charge < -0.3 is 4.57 Å². The van der Waals surface area contributed by atoms with Crippen molar-refractivity contribution in [1.29, 1.82) is 0 Å². The van der Waals surface area contributed by atoms with Gasteiger partial charge in [-0.1, -0.05) is 31.0 Å². The molecule has 1 spiro atoms. The Balaban J connectivity index is 1.58. The molecule has 0 bridgehead atoms. The maximum absolute atomic E-state index is 13.7. The SMILES string of the molecule is CCn1cnnc1C1CN(S(=O)(=O)c2cccc3cccnc23)CC12CCCC2. The third-order valence-corrected chi connectivity index (χ3v) is 8.57. The van der Waals surface area contributed by atoms with Crippen molar-refractivity contribution >= 4 is 20.9 Å². The molecule has 1 saturated carbocycles. The fourth-order valence-electron chi connectivity index (χ4n) is 5.25. The van der Waals surface area contributed by atoms with Crippen LogP contribution in [0.15, 0.2) is 47.8 Å². The lowest BCUT2D eigenvalue weighted by molar-refractivity contribution is 0.273. The largest absolute Gasteiger partial charge is 0.318 e. The quantitative estimate of drug-likeness (QED) is 0.659. The lowest BCUT2D eigenvalue weighted by atomic mass is 9.76. The van der Waals surface area contributed by atoms with Crippen molar-refractivity contribution in [3.05, 3.63) is 48.7 Å². The highest BCUT2D eigenvalue weighted by molar-refractivity contribution is 7.89. The molecule has 1 aliphatic heterocycles. The minimum absolute atomic E-state index is 0.0506. The van der Waals surface area contributed by atoms with Gasteiger partial charge in [-0.25, -0.2) is 8.42 Å². The Morgan fingerprint density at radius 2 is 1.97 bits per heavy atom. The van der Waals surface area contributed by atoms with Crippen LogP contribution < -0.4 is 0 Å².